The van der Waals surface area contributed by atoms with Gasteiger partial charge < -0.3 is 4.90 Å². The molecule has 0 bridgehead atoms. The zero-order valence-electron chi connectivity index (χ0n) is 13.6. The fourth-order valence-corrected chi connectivity index (χ4v) is 4.04. The lowest BCUT2D eigenvalue weighted by Crippen LogP contribution is -2.45. The lowest BCUT2D eigenvalue weighted by Gasteiger charge is -2.39. The SMILES string of the molecule is CC1=C2C=CC=CC2N2C1=C(c1ccccc1)N=C1C=CC=CC12. The molecule has 1 aromatic rings. The highest BCUT2D eigenvalue weighted by atomic mass is 15.2. The molecule has 0 saturated heterocycles. The van der Waals surface area contributed by atoms with E-state index in [1.807, 2.05) is 0 Å². The number of fused-ring (bicyclic) bond motifs is 5. The predicted molar refractivity (Wildman–Crippen MR) is 99.5 cm³/mol. The molecule has 2 aliphatic heterocycles. The highest BCUT2D eigenvalue weighted by Crippen LogP contribution is 2.45. The van der Waals surface area contributed by atoms with Crippen molar-refractivity contribution >= 4 is 11.4 Å². The van der Waals surface area contributed by atoms with Gasteiger partial charge in [0.25, 0.3) is 0 Å². The van der Waals surface area contributed by atoms with E-state index in [2.05, 4.69) is 90.8 Å². The Kier molecular flexibility index (Phi) is 2.86. The summed E-state index contributed by atoms with van der Waals surface area (Å²) >= 11 is 0. The molecule has 0 radical (unpaired) electrons. The number of rotatable bonds is 1. The molecule has 2 atom stereocenters. The molecule has 2 nitrogen and oxygen atoms in total. The van der Waals surface area contributed by atoms with Crippen molar-refractivity contribution in [2.75, 3.05) is 0 Å². The van der Waals surface area contributed by atoms with E-state index in [1.165, 1.54) is 22.4 Å². The van der Waals surface area contributed by atoms with Crippen molar-refractivity contribution in [3.63, 3.8) is 0 Å². The molecule has 2 unspecified atom stereocenters. The Morgan fingerprint density at radius 3 is 2.46 bits per heavy atom. The topological polar surface area (TPSA) is 15.6 Å². The van der Waals surface area contributed by atoms with E-state index in [1.54, 1.807) is 0 Å². The molecule has 24 heavy (non-hydrogen) atoms. The first-order chi connectivity index (χ1) is 11.8. The first kappa shape index (κ1) is 13.6. The molecule has 2 heterocycles. The van der Waals surface area contributed by atoms with Gasteiger partial charge in [-0.05, 0) is 24.1 Å². The van der Waals surface area contributed by atoms with Crippen LogP contribution >= 0.6 is 0 Å². The Balaban J connectivity index is 1.79. The number of hydrogen-bond acceptors (Lipinski definition) is 2. The van der Waals surface area contributed by atoms with E-state index in [0.29, 0.717) is 6.04 Å². The minimum atomic E-state index is 0.214. The van der Waals surface area contributed by atoms with Crippen LogP contribution in [0.25, 0.3) is 5.70 Å². The summed E-state index contributed by atoms with van der Waals surface area (Å²) in [5.74, 6) is 0. The molecule has 0 saturated carbocycles. The second-order valence-electron chi connectivity index (χ2n) is 6.47. The fraction of sp³-hybridized carbons (Fsp3) is 0.136. The van der Waals surface area contributed by atoms with Gasteiger partial charge in [0.2, 0.25) is 0 Å². The molecule has 0 amide bonds. The van der Waals surface area contributed by atoms with E-state index in [9.17, 15) is 0 Å². The smallest absolute Gasteiger partial charge is 0.0943 e. The van der Waals surface area contributed by atoms with Crippen LogP contribution < -0.4 is 0 Å². The van der Waals surface area contributed by atoms with Gasteiger partial charge in [-0.25, -0.2) is 4.99 Å². The van der Waals surface area contributed by atoms with Gasteiger partial charge in [-0.1, -0.05) is 72.9 Å². The number of aliphatic imine (C=N–C) groups is 1. The quantitative estimate of drug-likeness (QED) is 0.749. The summed E-state index contributed by atoms with van der Waals surface area (Å²) < 4.78 is 0. The Bertz CT molecular complexity index is 920. The van der Waals surface area contributed by atoms with Gasteiger partial charge in [0.1, 0.15) is 0 Å². The molecular weight excluding hydrogens is 292 g/mol. The number of allylic oxidation sites excluding steroid dienone is 5. The summed E-state index contributed by atoms with van der Waals surface area (Å²) in [5.41, 5.74) is 7.38. The van der Waals surface area contributed by atoms with Crippen molar-refractivity contribution in [3.05, 3.63) is 101 Å². The Hall–Kier alpha value is -2.87. The van der Waals surface area contributed by atoms with E-state index in [4.69, 9.17) is 4.99 Å². The van der Waals surface area contributed by atoms with Crippen LogP contribution in [0.15, 0.2) is 101 Å². The number of hydrogen-bond donors (Lipinski definition) is 0. The molecule has 116 valence electrons. The summed E-state index contributed by atoms with van der Waals surface area (Å²) in [6.45, 7) is 2.23. The molecule has 1 aromatic carbocycles. The van der Waals surface area contributed by atoms with Crippen LogP contribution in [0.2, 0.25) is 0 Å². The maximum atomic E-state index is 5.06. The van der Waals surface area contributed by atoms with Crippen molar-refractivity contribution in [2.24, 2.45) is 4.99 Å². The van der Waals surface area contributed by atoms with Gasteiger partial charge in [-0.2, -0.15) is 0 Å². The zero-order valence-corrected chi connectivity index (χ0v) is 13.6. The summed E-state index contributed by atoms with van der Waals surface area (Å²) in [7, 11) is 0. The molecule has 2 aliphatic carbocycles. The third-order valence-electron chi connectivity index (χ3n) is 5.13. The molecule has 0 aromatic heterocycles. The van der Waals surface area contributed by atoms with Gasteiger partial charge in [0.15, 0.2) is 0 Å². The van der Waals surface area contributed by atoms with Crippen LogP contribution in [-0.4, -0.2) is 22.7 Å². The van der Waals surface area contributed by atoms with Crippen LogP contribution in [0.4, 0.5) is 0 Å². The Morgan fingerprint density at radius 2 is 1.62 bits per heavy atom. The largest absolute Gasteiger partial charge is 0.347 e. The molecule has 2 heteroatoms. The number of benzene rings is 1. The van der Waals surface area contributed by atoms with Crippen LogP contribution in [0, 0.1) is 0 Å². The first-order valence-corrected chi connectivity index (χ1v) is 8.42. The Labute approximate surface area is 142 Å². The molecule has 5 rings (SSSR count). The summed E-state index contributed by atoms with van der Waals surface area (Å²) in [6, 6.07) is 11.0. The Morgan fingerprint density at radius 1 is 0.875 bits per heavy atom. The molecule has 0 fully saturated rings. The molecule has 0 spiro atoms. The standard InChI is InChI=1S/C22H18N2/c1-15-17-11-5-7-13-19(17)24-20-14-8-6-12-18(20)23-21(22(15)24)16-9-3-2-4-10-16/h2-14,19-20H,1H3. The minimum absolute atomic E-state index is 0.214. The van der Waals surface area contributed by atoms with Crippen molar-refractivity contribution in [1.82, 2.24) is 4.90 Å². The zero-order chi connectivity index (χ0) is 16.1. The summed E-state index contributed by atoms with van der Waals surface area (Å²) in [5, 5.41) is 0. The normalized spacial score (nSPS) is 26.5. The fourth-order valence-electron chi connectivity index (χ4n) is 4.04. The van der Waals surface area contributed by atoms with Gasteiger partial charge in [-0.15, -0.1) is 0 Å². The molecule has 4 aliphatic rings. The maximum absolute atomic E-state index is 5.06. The molecular formula is C22H18N2. The summed E-state index contributed by atoms with van der Waals surface area (Å²) in [6.07, 6.45) is 17.4. The van der Waals surface area contributed by atoms with Crippen molar-refractivity contribution in [2.45, 2.75) is 19.0 Å². The van der Waals surface area contributed by atoms with Crippen molar-refractivity contribution < 1.29 is 0 Å². The van der Waals surface area contributed by atoms with E-state index >= 15 is 0 Å². The predicted octanol–water partition coefficient (Wildman–Crippen LogP) is 4.43. The van der Waals surface area contributed by atoms with E-state index in [0.717, 1.165) is 11.4 Å². The van der Waals surface area contributed by atoms with Gasteiger partial charge in [0, 0.05) is 5.56 Å². The second-order valence-corrected chi connectivity index (χ2v) is 6.47. The lowest BCUT2D eigenvalue weighted by atomic mass is 9.97. The third kappa shape index (κ3) is 1.80. The number of nitrogens with zero attached hydrogens (tertiary/aromatic N) is 2. The molecule has 0 N–H and O–H groups in total. The average Bonchev–Trinajstić information content (AvgIpc) is 2.96. The summed E-state index contributed by atoms with van der Waals surface area (Å²) in [4.78, 5) is 7.58. The van der Waals surface area contributed by atoms with Gasteiger partial charge >= 0.3 is 0 Å². The van der Waals surface area contributed by atoms with Gasteiger partial charge in [-0.3, -0.25) is 0 Å². The first-order valence-electron chi connectivity index (χ1n) is 8.42. The van der Waals surface area contributed by atoms with Crippen LogP contribution in [-0.2, 0) is 0 Å². The lowest BCUT2D eigenvalue weighted by molar-refractivity contribution is 0.342. The minimum Gasteiger partial charge on any atom is -0.347 e. The van der Waals surface area contributed by atoms with Crippen molar-refractivity contribution in [1.29, 1.82) is 0 Å². The van der Waals surface area contributed by atoms with Gasteiger partial charge in [0.05, 0.1) is 29.2 Å². The van der Waals surface area contributed by atoms with Crippen LogP contribution in [0.5, 0.6) is 0 Å². The average molecular weight is 310 g/mol. The monoisotopic (exact) mass is 310 g/mol. The third-order valence-corrected chi connectivity index (χ3v) is 5.13. The highest BCUT2D eigenvalue weighted by molar-refractivity contribution is 6.07. The van der Waals surface area contributed by atoms with Crippen molar-refractivity contribution in [3.8, 4) is 0 Å². The van der Waals surface area contributed by atoms with E-state index < -0.39 is 0 Å². The highest BCUT2D eigenvalue weighted by Gasteiger charge is 2.41. The van der Waals surface area contributed by atoms with E-state index in [-0.39, 0.29) is 6.04 Å². The van der Waals surface area contributed by atoms with Crippen LogP contribution in [0.3, 0.4) is 0 Å². The van der Waals surface area contributed by atoms with Crippen LogP contribution in [0.1, 0.15) is 12.5 Å². The maximum Gasteiger partial charge on any atom is 0.0943 e. The second kappa shape index (κ2) is 5.07.